The third-order valence-electron chi connectivity index (χ3n) is 3.92. The summed E-state index contributed by atoms with van der Waals surface area (Å²) in [6.07, 6.45) is 1.52. The standard InChI is InChI=1S/C20H23N5O/c1-3-26-17-11-9-16(10-12-17)24-19-18(21)20(23-14-22-19)25(2)13-15-7-5-4-6-8-15/h4-12,14H,3,13,21H2,1-2H3,(H,22,23,24). The van der Waals surface area contributed by atoms with Crippen LogP contribution in [-0.2, 0) is 6.54 Å². The average molecular weight is 349 g/mol. The lowest BCUT2D eigenvalue weighted by Crippen LogP contribution is -2.20. The van der Waals surface area contributed by atoms with Crippen LogP contribution in [-0.4, -0.2) is 23.6 Å². The molecule has 3 aromatic rings. The third-order valence-corrected chi connectivity index (χ3v) is 3.92. The Bertz CT molecular complexity index is 837. The molecule has 26 heavy (non-hydrogen) atoms. The Kier molecular flexibility index (Phi) is 5.53. The van der Waals surface area contributed by atoms with Crippen molar-refractivity contribution in [2.24, 2.45) is 0 Å². The molecule has 134 valence electrons. The Morgan fingerprint density at radius 3 is 2.46 bits per heavy atom. The van der Waals surface area contributed by atoms with Crippen molar-refractivity contribution < 1.29 is 4.74 Å². The van der Waals surface area contributed by atoms with Gasteiger partial charge < -0.3 is 20.7 Å². The summed E-state index contributed by atoms with van der Waals surface area (Å²) in [6, 6.07) is 17.9. The minimum atomic E-state index is 0.514. The topological polar surface area (TPSA) is 76.3 Å². The van der Waals surface area contributed by atoms with Crippen molar-refractivity contribution in [3.05, 3.63) is 66.5 Å². The number of hydrogen-bond acceptors (Lipinski definition) is 6. The Morgan fingerprint density at radius 1 is 1.04 bits per heavy atom. The number of aromatic nitrogens is 2. The summed E-state index contributed by atoms with van der Waals surface area (Å²) in [5.74, 6) is 2.10. The van der Waals surface area contributed by atoms with Crippen molar-refractivity contribution in [1.29, 1.82) is 0 Å². The SMILES string of the molecule is CCOc1ccc(Nc2ncnc(N(C)Cc3ccccc3)c2N)cc1. The van der Waals surface area contributed by atoms with Gasteiger partial charge >= 0.3 is 0 Å². The number of benzene rings is 2. The molecule has 0 saturated heterocycles. The van der Waals surface area contributed by atoms with E-state index in [-0.39, 0.29) is 0 Å². The summed E-state index contributed by atoms with van der Waals surface area (Å²) in [7, 11) is 1.96. The van der Waals surface area contributed by atoms with Gasteiger partial charge in [0.25, 0.3) is 0 Å². The van der Waals surface area contributed by atoms with E-state index in [1.54, 1.807) is 0 Å². The minimum absolute atomic E-state index is 0.514. The Balaban J connectivity index is 1.76. The van der Waals surface area contributed by atoms with Gasteiger partial charge in [0.2, 0.25) is 0 Å². The zero-order chi connectivity index (χ0) is 18.4. The highest BCUT2D eigenvalue weighted by Gasteiger charge is 2.12. The van der Waals surface area contributed by atoms with Crippen molar-refractivity contribution >= 4 is 23.0 Å². The second kappa shape index (κ2) is 8.20. The van der Waals surface area contributed by atoms with Gasteiger partial charge in [-0.25, -0.2) is 9.97 Å². The van der Waals surface area contributed by atoms with E-state index in [0.717, 1.165) is 11.4 Å². The summed E-state index contributed by atoms with van der Waals surface area (Å²) in [6.45, 7) is 3.31. The molecular weight excluding hydrogens is 326 g/mol. The molecule has 0 amide bonds. The molecule has 0 spiro atoms. The molecule has 1 heterocycles. The van der Waals surface area contributed by atoms with Crippen LogP contribution in [0.4, 0.5) is 23.0 Å². The van der Waals surface area contributed by atoms with Gasteiger partial charge in [0, 0.05) is 19.3 Å². The van der Waals surface area contributed by atoms with E-state index in [2.05, 4.69) is 27.4 Å². The highest BCUT2D eigenvalue weighted by Crippen LogP contribution is 2.29. The van der Waals surface area contributed by atoms with Crippen molar-refractivity contribution in [2.75, 3.05) is 29.6 Å². The molecule has 3 rings (SSSR count). The highest BCUT2D eigenvalue weighted by atomic mass is 16.5. The molecule has 0 radical (unpaired) electrons. The monoisotopic (exact) mass is 349 g/mol. The Morgan fingerprint density at radius 2 is 1.77 bits per heavy atom. The number of nitrogens with one attached hydrogen (secondary N) is 1. The average Bonchev–Trinajstić information content (AvgIpc) is 2.66. The largest absolute Gasteiger partial charge is 0.494 e. The highest BCUT2D eigenvalue weighted by molar-refractivity contribution is 5.78. The molecular formula is C20H23N5O. The molecule has 0 aliphatic carbocycles. The van der Waals surface area contributed by atoms with Crippen LogP contribution < -0.4 is 20.7 Å². The van der Waals surface area contributed by atoms with E-state index >= 15 is 0 Å². The molecule has 0 bridgehead atoms. The van der Waals surface area contributed by atoms with Gasteiger partial charge in [0.1, 0.15) is 17.8 Å². The van der Waals surface area contributed by atoms with Gasteiger partial charge in [0.05, 0.1) is 6.61 Å². The van der Waals surface area contributed by atoms with E-state index in [0.29, 0.717) is 30.5 Å². The number of hydrogen-bond donors (Lipinski definition) is 2. The smallest absolute Gasteiger partial charge is 0.159 e. The maximum Gasteiger partial charge on any atom is 0.159 e. The first-order valence-electron chi connectivity index (χ1n) is 8.52. The quantitative estimate of drug-likeness (QED) is 0.675. The molecule has 2 aromatic carbocycles. The lowest BCUT2D eigenvalue weighted by Gasteiger charge is -2.21. The van der Waals surface area contributed by atoms with Crippen LogP contribution in [0.2, 0.25) is 0 Å². The molecule has 6 nitrogen and oxygen atoms in total. The predicted molar refractivity (Wildman–Crippen MR) is 106 cm³/mol. The first kappa shape index (κ1) is 17.5. The van der Waals surface area contributed by atoms with Gasteiger partial charge in [-0.15, -0.1) is 0 Å². The van der Waals surface area contributed by atoms with Crippen LogP contribution in [0.25, 0.3) is 0 Å². The summed E-state index contributed by atoms with van der Waals surface area (Å²) in [4.78, 5) is 10.6. The Labute approximate surface area is 153 Å². The summed E-state index contributed by atoms with van der Waals surface area (Å²) in [5, 5.41) is 3.24. The van der Waals surface area contributed by atoms with E-state index in [9.17, 15) is 0 Å². The Hall–Kier alpha value is -3.28. The van der Waals surface area contributed by atoms with Crippen LogP contribution in [0.5, 0.6) is 5.75 Å². The van der Waals surface area contributed by atoms with Crippen LogP contribution in [0.1, 0.15) is 12.5 Å². The molecule has 0 fully saturated rings. The van der Waals surface area contributed by atoms with E-state index in [4.69, 9.17) is 10.5 Å². The van der Waals surface area contributed by atoms with Gasteiger partial charge in [-0.05, 0) is 36.8 Å². The molecule has 1 aromatic heterocycles. The fourth-order valence-corrected chi connectivity index (χ4v) is 2.66. The molecule has 0 unspecified atom stereocenters. The summed E-state index contributed by atoms with van der Waals surface area (Å²) in [5.41, 5.74) is 8.90. The lowest BCUT2D eigenvalue weighted by atomic mass is 10.2. The van der Waals surface area contributed by atoms with Gasteiger partial charge in [-0.2, -0.15) is 0 Å². The zero-order valence-electron chi connectivity index (χ0n) is 15.0. The minimum Gasteiger partial charge on any atom is -0.494 e. The molecule has 3 N–H and O–H groups in total. The van der Waals surface area contributed by atoms with Crippen molar-refractivity contribution in [3.8, 4) is 5.75 Å². The maximum absolute atomic E-state index is 6.31. The number of nitrogens with two attached hydrogens (primary N) is 1. The lowest BCUT2D eigenvalue weighted by molar-refractivity contribution is 0.340. The van der Waals surface area contributed by atoms with Crippen LogP contribution in [0.15, 0.2) is 60.9 Å². The molecule has 0 aliphatic heterocycles. The van der Waals surface area contributed by atoms with Crippen molar-refractivity contribution in [3.63, 3.8) is 0 Å². The van der Waals surface area contributed by atoms with Crippen LogP contribution in [0, 0.1) is 0 Å². The molecule has 0 saturated carbocycles. The number of nitrogen functional groups attached to an aromatic ring is 1. The van der Waals surface area contributed by atoms with Crippen LogP contribution in [0.3, 0.4) is 0 Å². The van der Waals surface area contributed by atoms with Crippen molar-refractivity contribution in [2.45, 2.75) is 13.5 Å². The van der Waals surface area contributed by atoms with E-state index in [1.807, 2.05) is 61.3 Å². The zero-order valence-corrected chi connectivity index (χ0v) is 15.0. The van der Waals surface area contributed by atoms with Gasteiger partial charge in [-0.1, -0.05) is 30.3 Å². The summed E-state index contributed by atoms with van der Waals surface area (Å²) < 4.78 is 5.46. The van der Waals surface area contributed by atoms with E-state index in [1.165, 1.54) is 11.9 Å². The molecule has 0 atom stereocenters. The first-order valence-corrected chi connectivity index (χ1v) is 8.52. The maximum atomic E-state index is 6.31. The van der Waals surface area contributed by atoms with Crippen LogP contribution >= 0.6 is 0 Å². The number of rotatable bonds is 7. The molecule has 0 aliphatic rings. The van der Waals surface area contributed by atoms with Gasteiger partial charge in [0.15, 0.2) is 11.6 Å². The number of anilines is 4. The summed E-state index contributed by atoms with van der Waals surface area (Å²) >= 11 is 0. The predicted octanol–water partition coefficient (Wildman–Crippen LogP) is 3.84. The van der Waals surface area contributed by atoms with Gasteiger partial charge in [-0.3, -0.25) is 0 Å². The second-order valence-electron chi connectivity index (χ2n) is 5.88. The van der Waals surface area contributed by atoms with Crippen molar-refractivity contribution in [1.82, 2.24) is 9.97 Å². The van der Waals surface area contributed by atoms with E-state index < -0.39 is 0 Å². The normalized spacial score (nSPS) is 10.4. The fourth-order valence-electron chi connectivity index (χ4n) is 2.66. The molecule has 6 heteroatoms. The number of ether oxygens (including phenoxy) is 1. The number of nitrogens with zero attached hydrogens (tertiary/aromatic N) is 3. The second-order valence-corrected chi connectivity index (χ2v) is 5.88. The fraction of sp³-hybridized carbons (Fsp3) is 0.200. The first-order chi connectivity index (χ1) is 12.7. The third kappa shape index (κ3) is 4.22.